The lowest BCUT2D eigenvalue weighted by molar-refractivity contribution is -0.115. The van der Waals surface area contributed by atoms with Gasteiger partial charge in [0.05, 0.1) is 10.9 Å². The number of anilines is 1. The number of aryl methyl sites for hydroxylation is 2. The normalized spacial score (nSPS) is 14.4. The zero-order valence-electron chi connectivity index (χ0n) is 20.2. The molecule has 180 valence electrons. The zero-order valence-corrected chi connectivity index (χ0v) is 21.1. The smallest absolute Gasteiger partial charge is 0.284 e. The van der Waals surface area contributed by atoms with Gasteiger partial charge in [-0.2, -0.15) is 4.68 Å². The molecule has 3 aliphatic heterocycles. The second-order valence-electron chi connectivity index (χ2n) is 9.12. The summed E-state index contributed by atoms with van der Waals surface area (Å²) in [5.41, 5.74) is 5.10. The van der Waals surface area contributed by atoms with Crippen LogP contribution in [-0.4, -0.2) is 30.5 Å². The van der Waals surface area contributed by atoms with Crippen molar-refractivity contribution in [2.75, 3.05) is 5.32 Å². The molecule has 1 N–H and O–H groups in total. The standard InChI is InChI=1S/C27H29N5O2S/c1-17-13-14-18(2)21(16-17)28-25(33)19(3)35-27-29-24-23(22-12-8-5-9-15-31(22)27)26(34)32(30-24)20-10-6-4-7-11-20/h4,6-7,10-11,13-14,16,19H,5,8-9,12,15H2,1-3H3,(H,28,33). The summed E-state index contributed by atoms with van der Waals surface area (Å²) in [5, 5.41) is 8.02. The molecule has 0 radical (unpaired) electrons. The molecule has 0 saturated heterocycles. The molecule has 0 bridgehead atoms. The molecule has 0 fully saturated rings. The van der Waals surface area contributed by atoms with Crippen molar-refractivity contribution in [2.45, 2.75) is 63.4 Å². The van der Waals surface area contributed by atoms with Crippen LogP contribution in [0.4, 0.5) is 5.69 Å². The molecule has 2 aromatic carbocycles. The predicted molar refractivity (Wildman–Crippen MR) is 140 cm³/mol. The van der Waals surface area contributed by atoms with Crippen molar-refractivity contribution < 1.29 is 4.79 Å². The Bertz CT molecular complexity index is 1410. The van der Waals surface area contributed by atoms with Gasteiger partial charge in [-0.15, -0.1) is 5.10 Å². The Morgan fingerprint density at radius 2 is 1.89 bits per heavy atom. The lowest BCUT2D eigenvalue weighted by Gasteiger charge is -2.20. The summed E-state index contributed by atoms with van der Waals surface area (Å²) in [6, 6.07) is 15.5. The average molecular weight is 488 g/mol. The van der Waals surface area contributed by atoms with Crippen molar-refractivity contribution in [3.05, 3.63) is 75.7 Å². The minimum atomic E-state index is -0.373. The highest BCUT2D eigenvalue weighted by atomic mass is 32.2. The Kier molecular flexibility index (Phi) is 6.47. The second-order valence-corrected chi connectivity index (χ2v) is 10.4. The highest BCUT2D eigenvalue weighted by Crippen LogP contribution is 2.32. The summed E-state index contributed by atoms with van der Waals surface area (Å²) >= 11 is 1.42. The number of rotatable bonds is 5. The molecular weight excluding hydrogens is 458 g/mol. The van der Waals surface area contributed by atoms with Gasteiger partial charge in [0.2, 0.25) is 5.91 Å². The minimum Gasteiger partial charge on any atom is -0.325 e. The van der Waals surface area contributed by atoms with E-state index in [2.05, 4.69) is 15.0 Å². The molecule has 0 spiro atoms. The molecule has 3 heterocycles. The van der Waals surface area contributed by atoms with Gasteiger partial charge < -0.3 is 9.88 Å². The van der Waals surface area contributed by atoms with Crippen molar-refractivity contribution in [1.29, 1.82) is 0 Å². The number of hydrogen-bond acceptors (Lipinski definition) is 5. The van der Waals surface area contributed by atoms with Gasteiger partial charge >= 0.3 is 0 Å². The second kappa shape index (κ2) is 9.70. The maximum absolute atomic E-state index is 13.4. The van der Waals surface area contributed by atoms with E-state index >= 15 is 0 Å². The fourth-order valence-electron chi connectivity index (χ4n) is 4.50. The van der Waals surface area contributed by atoms with Crippen LogP contribution in [0.2, 0.25) is 0 Å². The van der Waals surface area contributed by atoms with Crippen molar-refractivity contribution >= 4 is 23.4 Å². The fraction of sp³-hybridized carbons (Fsp3) is 0.333. The zero-order chi connectivity index (χ0) is 24.5. The quantitative estimate of drug-likeness (QED) is 0.317. The molecule has 2 aromatic rings. The van der Waals surface area contributed by atoms with E-state index in [1.165, 1.54) is 16.4 Å². The first-order valence-electron chi connectivity index (χ1n) is 12.0. The van der Waals surface area contributed by atoms with Gasteiger partial charge in [0.25, 0.3) is 5.56 Å². The third-order valence-corrected chi connectivity index (χ3v) is 7.56. The van der Waals surface area contributed by atoms with Gasteiger partial charge in [0, 0.05) is 17.9 Å². The minimum absolute atomic E-state index is 0.0760. The Morgan fingerprint density at radius 3 is 2.69 bits per heavy atom. The van der Waals surface area contributed by atoms with Gasteiger partial charge in [0.15, 0.2) is 11.0 Å². The number of aromatic nitrogens is 4. The molecule has 1 unspecified atom stereocenters. The largest absolute Gasteiger partial charge is 0.325 e. The number of amides is 1. The molecule has 1 atom stereocenters. The average Bonchev–Trinajstić information content (AvgIpc) is 3.01. The Hall–Kier alpha value is -3.39. The first kappa shape index (κ1) is 23.4. The van der Waals surface area contributed by atoms with E-state index in [1.54, 1.807) is 0 Å². The monoisotopic (exact) mass is 487 g/mol. The van der Waals surface area contributed by atoms with Crippen LogP contribution in [0.1, 0.15) is 43.0 Å². The summed E-state index contributed by atoms with van der Waals surface area (Å²) in [7, 11) is 0. The van der Waals surface area contributed by atoms with E-state index in [1.807, 2.05) is 69.3 Å². The highest BCUT2D eigenvalue weighted by molar-refractivity contribution is 8.00. The summed E-state index contributed by atoms with van der Waals surface area (Å²) in [6.45, 7) is 6.67. The molecule has 0 aliphatic carbocycles. The lowest BCUT2D eigenvalue weighted by Crippen LogP contribution is -2.25. The number of fused-ring (bicyclic) bond motifs is 3. The number of nitrogens with zero attached hydrogens (tertiary/aromatic N) is 4. The van der Waals surface area contributed by atoms with Crippen molar-refractivity contribution in [1.82, 2.24) is 19.3 Å². The Morgan fingerprint density at radius 1 is 1.09 bits per heavy atom. The Labute approximate surface area is 208 Å². The molecule has 5 rings (SSSR count). The van der Waals surface area contributed by atoms with Crippen LogP contribution in [0.5, 0.6) is 0 Å². The number of thioether (sulfide) groups is 1. The molecule has 8 heteroatoms. The number of benzene rings is 2. The van der Waals surface area contributed by atoms with Crippen molar-refractivity contribution in [3.8, 4) is 17.1 Å². The van der Waals surface area contributed by atoms with Crippen LogP contribution >= 0.6 is 11.8 Å². The highest BCUT2D eigenvalue weighted by Gasteiger charge is 2.28. The first-order chi connectivity index (χ1) is 16.9. The summed E-state index contributed by atoms with van der Waals surface area (Å²) in [6.07, 6.45) is 3.92. The van der Waals surface area contributed by atoms with Crippen molar-refractivity contribution in [3.63, 3.8) is 0 Å². The number of carbonyl (C=O) groups excluding carboxylic acids is 1. The van der Waals surface area contributed by atoms with Crippen LogP contribution in [0.3, 0.4) is 0 Å². The maximum Gasteiger partial charge on any atom is 0.284 e. The fourth-order valence-corrected chi connectivity index (χ4v) is 5.45. The third-order valence-electron chi connectivity index (χ3n) is 6.47. The van der Waals surface area contributed by atoms with Gasteiger partial charge in [-0.3, -0.25) is 9.59 Å². The number of hydrogen-bond donors (Lipinski definition) is 1. The molecular formula is C27H29N5O2S. The van der Waals surface area contributed by atoms with Gasteiger partial charge in [0.1, 0.15) is 5.56 Å². The molecule has 35 heavy (non-hydrogen) atoms. The van der Waals surface area contributed by atoms with E-state index in [9.17, 15) is 9.59 Å². The first-order valence-corrected chi connectivity index (χ1v) is 12.9. The molecule has 1 amide bonds. The maximum atomic E-state index is 13.4. The molecule has 3 aliphatic rings. The number of nitrogens with one attached hydrogen (secondary N) is 1. The topological polar surface area (TPSA) is 81.8 Å². The van der Waals surface area contributed by atoms with E-state index in [-0.39, 0.29) is 16.7 Å². The molecule has 7 nitrogen and oxygen atoms in total. The summed E-state index contributed by atoms with van der Waals surface area (Å²) in [4.78, 5) is 31.3. The van der Waals surface area contributed by atoms with E-state index in [4.69, 9.17) is 4.98 Å². The van der Waals surface area contributed by atoms with Gasteiger partial charge in [-0.05, 0) is 69.4 Å². The molecule has 0 aromatic heterocycles. The SMILES string of the molecule is Cc1ccc(C)c(NC(=O)C(C)Sc2nc3nn(-c4ccccc4)c(=O)c-3c3n2CCCCC3)c1. The molecule has 0 saturated carbocycles. The third kappa shape index (κ3) is 4.62. The van der Waals surface area contributed by atoms with Crippen LogP contribution < -0.4 is 10.9 Å². The number of carbonyl (C=O) groups is 1. The van der Waals surface area contributed by atoms with Crippen LogP contribution in [0, 0.1) is 13.8 Å². The van der Waals surface area contributed by atoms with Gasteiger partial charge in [-0.1, -0.05) is 48.5 Å². The van der Waals surface area contributed by atoms with Crippen LogP contribution in [0.25, 0.3) is 17.1 Å². The van der Waals surface area contributed by atoms with Gasteiger partial charge in [-0.25, -0.2) is 4.98 Å². The van der Waals surface area contributed by atoms with E-state index in [0.29, 0.717) is 11.4 Å². The van der Waals surface area contributed by atoms with Crippen LogP contribution in [0.15, 0.2) is 58.5 Å². The lowest BCUT2D eigenvalue weighted by atomic mass is 10.1. The number of para-hydroxylation sites is 1. The van der Waals surface area contributed by atoms with E-state index in [0.717, 1.165) is 65.6 Å². The van der Waals surface area contributed by atoms with Crippen LogP contribution in [-0.2, 0) is 17.8 Å². The Balaban J connectivity index is 1.52. The predicted octanol–water partition coefficient (Wildman–Crippen LogP) is 5.00. The van der Waals surface area contributed by atoms with Crippen molar-refractivity contribution in [2.24, 2.45) is 0 Å². The summed E-state index contributed by atoms with van der Waals surface area (Å²) < 4.78 is 3.58. The van der Waals surface area contributed by atoms with E-state index < -0.39 is 0 Å². The summed E-state index contributed by atoms with van der Waals surface area (Å²) in [5.74, 6) is 0.365.